The summed E-state index contributed by atoms with van der Waals surface area (Å²) in [7, 11) is -9.34. The highest BCUT2D eigenvalue weighted by molar-refractivity contribution is 7.94. The molecule has 61 heavy (non-hydrogen) atoms. The maximum atomic E-state index is 12.2. The van der Waals surface area contributed by atoms with Crippen LogP contribution in [0, 0.1) is 6.92 Å². The van der Waals surface area contributed by atoms with Gasteiger partial charge in [0.1, 0.15) is 11.4 Å². The first-order valence-corrected chi connectivity index (χ1v) is 21.2. The molecule has 0 unspecified atom stereocenters. The summed E-state index contributed by atoms with van der Waals surface area (Å²) in [5.74, 6) is -0.340. The monoisotopic (exact) mass is 876 g/mol. The van der Waals surface area contributed by atoms with E-state index in [1.54, 1.807) is 37.4 Å². The molecule has 6 N–H and O–H groups in total. The van der Waals surface area contributed by atoms with Gasteiger partial charge in [0.25, 0.3) is 20.2 Å². The van der Waals surface area contributed by atoms with Crippen molar-refractivity contribution in [3.8, 4) is 5.75 Å². The van der Waals surface area contributed by atoms with Gasteiger partial charge in [0, 0.05) is 38.0 Å². The average molecular weight is 877 g/mol. The van der Waals surface area contributed by atoms with Crippen LogP contribution in [0.5, 0.6) is 5.75 Å². The number of pyridine rings is 1. The molecule has 0 aliphatic heterocycles. The molecule has 1 heterocycles. The van der Waals surface area contributed by atoms with Crippen molar-refractivity contribution in [2.45, 2.75) is 21.6 Å². The van der Waals surface area contributed by atoms with Crippen molar-refractivity contribution < 1.29 is 45.7 Å². The predicted molar refractivity (Wildman–Crippen MR) is 227 cm³/mol. The number of nitrogens with zero attached hydrogens (tertiary/aromatic N) is 7. The molecule has 21 heteroatoms. The van der Waals surface area contributed by atoms with Gasteiger partial charge in [0.05, 0.1) is 61.2 Å². The van der Waals surface area contributed by atoms with Gasteiger partial charge in [0.2, 0.25) is 0 Å². The van der Waals surface area contributed by atoms with E-state index in [4.69, 9.17) is 11.0 Å². The van der Waals surface area contributed by atoms with Crippen LogP contribution in [0.15, 0.2) is 161 Å². The minimum atomic E-state index is -4.70. The minimum absolute atomic E-state index is 0.0669. The lowest BCUT2D eigenvalue weighted by atomic mass is 10.0. The highest BCUT2D eigenvalue weighted by Gasteiger charge is 2.19. The van der Waals surface area contributed by atoms with Crippen LogP contribution in [-0.2, 0) is 29.6 Å². The zero-order chi connectivity index (χ0) is 43.1. The summed E-state index contributed by atoms with van der Waals surface area (Å²) in [6.45, 7) is 1.78. The normalized spacial score (nSPS) is 12.7. The van der Waals surface area contributed by atoms with Crippen molar-refractivity contribution >= 4 is 115 Å². The maximum Gasteiger partial charge on any atom is 0.294 e. The first kappa shape index (κ1) is 40.9. The van der Waals surface area contributed by atoms with E-state index in [0.717, 1.165) is 28.6 Å². The fraction of sp³-hybridized carbons (Fsp3) is 0.0250. The van der Waals surface area contributed by atoms with Crippen LogP contribution < -0.4 is 5.73 Å². The molecule has 7 aromatic carbocycles. The van der Waals surface area contributed by atoms with Gasteiger partial charge in [-0.2, -0.15) is 16.8 Å². The largest absolute Gasteiger partial charge is 0.505 e. The number of aromatic nitrogens is 1. The fourth-order valence-corrected chi connectivity index (χ4v) is 7.95. The second kappa shape index (κ2) is 16.3. The van der Waals surface area contributed by atoms with Gasteiger partial charge in [-0.25, -0.2) is 5.26 Å². The highest BCUT2D eigenvalue weighted by atomic mass is 32.2. The predicted octanol–water partition coefficient (Wildman–Crippen LogP) is 11.5. The number of benzene rings is 7. The van der Waals surface area contributed by atoms with Crippen LogP contribution in [0.4, 0.5) is 39.8 Å². The molecule has 1 aromatic heterocycles. The number of nitrogens with two attached hydrogens (primary N) is 1. The fourth-order valence-electron chi connectivity index (χ4n) is 6.44. The van der Waals surface area contributed by atoms with Crippen LogP contribution >= 0.6 is 12.0 Å². The first-order chi connectivity index (χ1) is 29.2. The van der Waals surface area contributed by atoms with Crippen molar-refractivity contribution in [1.82, 2.24) is 4.98 Å². The lowest BCUT2D eigenvalue weighted by Gasteiger charge is -2.11. The maximum absolute atomic E-state index is 12.2. The Hall–Kier alpha value is -6.82. The Bertz CT molecular complexity index is 3420. The number of azo groups is 3. The minimum Gasteiger partial charge on any atom is -0.505 e. The quantitative estimate of drug-likeness (QED) is 0.0202. The van der Waals surface area contributed by atoms with Gasteiger partial charge in [-0.15, -0.1) is 35.0 Å². The van der Waals surface area contributed by atoms with E-state index in [9.17, 15) is 31.0 Å². The van der Waals surface area contributed by atoms with Crippen molar-refractivity contribution in [2.75, 3.05) is 5.73 Å². The zero-order valence-electron chi connectivity index (χ0n) is 31.1. The molecule has 0 bridgehead atoms. The molecule has 0 saturated carbocycles. The molecule has 0 radical (unpaired) electrons. The molecule has 0 aliphatic rings. The molecular formula is C40H28N8O10S3. The summed E-state index contributed by atoms with van der Waals surface area (Å²) >= 11 is 0.525. The lowest BCUT2D eigenvalue weighted by molar-refractivity contribution is -0.432. The Kier molecular flexibility index (Phi) is 11.0. The van der Waals surface area contributed by atoms with Crippen molar-refractivity contribution in [3.63, 3.8) is 0 Å². The number of phenols is 1. The molecule has 18 nitrogen and oxygen atoms in total. The van der Waals surface area contributed by atoms with Gasteiger partial charge in [-0.1, -0.05) is 35.4 Å². The molecule has 0 saturated heterocycles. The van der Waals surface area contributed by atoms with Crippen LogP contribution in [-0.4, -0.2) is 41.3 Å². The van der Waals surface area contributed by atoms with Gasteiger partial charge >= 0.3 is 0 Å². The Morgan fingerprint density at radius 2 is 1.18 bits per heavy atom. The third kappa shape index (κ3) is 8.48. The third-order valence-electron chi connectivity index (χ3n) is 9.44. The number of fused-ring (bicyclic) bond motifs is 4. The lowest BCUT2D eigenvalue weighted by Crippen LogP contribution is -1.97. The molecule has 0 spiro atoms. The first-order valence-electron chi connectivity index (χ1n) is 17.6. The van der Waals surface area contributed by atoms with Gasteiger partial charge in [0.15, 0.2) is 5.75 Å². The number of hydrogen-bond acceptors (Lipinski definition) is 17. The van der Waals surface area contributed by atoms with E-state index < -0.39 is 30.0 Å². The van der Waals surface area contributed by atoms with Crippen LogP contribution in [0.1, 0.15) is 5.56 Å². The Morgan fingerprint density at radius 3 is 1.77 bits per heavy atom. The zero-order valence-corrected chi connectivity index (χ0v) is 33.6. The second-order valence-corrected chi connectivity index (χ2v) is 16.9. The van der Waals surface area contributed by atoms with E-state index in [2.05, 4.69) is 45.0 Å². The number of phenolic OH excluding ortho intramolecular Hbond substituents is 1. The molecule has 8 aromatic rings. The molecule has 0 amide bonds. The Labute approximate surface area is 349 Å². The molecule has 0 aliphatic carbocycles. The standard InChI is InChI=1S/C40H28N8O10S3/c1-21-14-23-16-38(59-58-57-50)39(40(49)29(23)19-32(21)41)48-47-37-13-11-35(28-9-7-26(18-31(28)37)61(54,55)56)45-46-36-12-10-34(27-8-6-25(17-30(27)36)60(51,52)53)44-43-24-15-22-4-2-3-5-33(22)42-20-24/h2-20,49-50H,41H2,1H3,(H,51,52,53)(H,54,55,56)/b44-43+,46-45+,48-47+. The number of anilines is 1. The average Bonchev–Trinajstić information content (AvgIpc) is 3.24. The number of aryl methyl sites for hydroxylation is 1. The van der Waals surface area contributed by atoms with Crippen LogP contribution in [0.25, 0.3) is 43.2 Å². The number of nitrogen functional groups attached to an aromatic ring is 1. The summed E-state index contributed by atoms with van der Waals surface area (Å²) in [5, 5.41) is 52.9. The summed E-state index contributed by atoms with van der Waals surface area (Å²) in [6, 6.07) is 27.8. The molecule has 306 valence electrons. The summed E-state index contributed by atoms with van der Waals surface area (Å²) < 4.78 is 73.3. The van der Waals surface area contributed by atoms with Crippen LogP contribution in [0.3, 0.4) is 0 Å². The highest BCUT2D eigenvalue weighted by Crippen LogP contribution is 2.46. The van der Waals surface area contributed by atoms with Crippen molar-refractivity contribution in [1.29, 1.82) is 0 Å². The summed E-state index contributed by atoms with van der Waals surface area (Å²) in [6.07, 6.45) is 1.56. The Morgan fingerprint density at radius 1 is 0.623 bits per heavy atom. The molecule has 8 rings (SSSR count). The van der Waals surface area contributed by atoms with Gasteiger partial charge in [-0.05, 0) is 96.7 Å². The van der Waals surface area contributed by atoms with Crippen molar-refractivity contribution in [3.05, 3.63) is 121 Å². The van der Waals surface area contributed by atoms with Crippen LogP contribution in [0.2, 0.25) is 0 Å². The number of rotatable bonds is 11. The smallest absolute Gasteiger partial charge is 0.294 e. The molecule has 0 atom stereocenters. The number of hydrogen-bond donors (Lipinski definition) is 5. The van der Waals surface area contributed by atoms with E-state index in [-0.39, 0.29) is 44.2 Å². The third-order valence-corrected chi connectivity index (χ3v) is 11.8. The second-order valence-electron chi connectivity index (χ2n) is 13.3. The van der Waals surface area contributed by atoms with E-state index in [1.165, 1.54) is 42.5 Å². The van der Waals surface area contributed by atoms with Gasteiger partial charge < -0.3 is 10.8 Å². The number of aromatic hydroxyl groups is 1. The topological polar surface area (TPSA) is 281 Å². The van der Waals surface area contributed by atoms with E-state index >= 15 is 0 Å². The van der Waals surface area contributed by atoms with Gasteiger partial charge in [-0.3, -0.25) is 14.1 Å². The molecular weight excluding hydrogens is 849 g/mol. The van der Waals surface area contributed by atoms with E-state index in [0.29, 0.717) is 50.6 Å². The Balaban J connectivity index is 1.22. The summed E-state index contributed by atoms with van der Waals surface area (Å²) in [4.78, 5) is 3.69. The van der Waals surface area contributed by atoms with E-state index in [1.807, 2.05) is 30.3 Å². The van der Waals surface area contributed by atoms with Crippen molar-refractivity contribution in [2.24, 2.45) is 30.7 Å². The summed E-state index contributed by atoms with van der Waals surface area (Å²) in [5.41, 5.74) is 9.13. The SMILES string of the molecule is Cc1cc2cc(SOOO)c(/N=N/c3ccc(/N=N/c4ccc(/N=N/c5cnc6ccccc6c5)c5ccc(S(=O)(=O)O)cc45)c4ccc(S(=O)(=O)O)cc34)c(O)c2cc1N. The molecule has 0 fully saturated rings. The number of para-hydroxylation sites is 1.